The molecular formula is C15H13FN2O4. The van der Waals surface area contributed by atoms with Crippen LogP contribution in [0.25, 0.3) is 0 Å². The molecule has 0 aliphatic heterocycles. The van der Waals surface area contributed by atoms with Crippen LogP contribution in [0.5, 0.6) is 11.5 Å². The lowest BCUT2D eigenvalue weighted by molar-refractivity contribution is -0.385. The van der Waals surface area contributed by atoms with Crippen LogP contribution in [0.2, 0.25) is 0 Å². The second-order valence-corrected chi connectivity index (χ2v) is 4.37. The van der Waals surface area contributed by atoms with E-state index < -0.39 is 10.7 Å². The number of halogens is 1. The third kappa shape index (κ3) is 3.57. The highest BCUT2D eigenvalue weighted by Gasteiger charge is 2.18. The van der Waals surface area contributed by atoms with Crippen molar-refractivity contribution in [3.8, 4) is 11.5 Å². The summed E-state index contributed by atoms with van der Waals surface area (Å²) in [6.45, 7) is 1.67. The average molecular weight is 304 g/mol. The second-order valence-electron chi connectivity index (χ2n) is 4.37. The molecule has 0 unspecified atom stereocenters. The van der Waals surface area contributed by atoms with E-state index in [2.05, 4.69) is 5.32 Å². The van der Waals surface area contributed by atoms with Crippen LogP contribution in [0.15, 0.2) is 42.5 Å². The van der Waals surface area contributed by atoms with Crippen molar-refractivity contribution in [1.82, 2.24) is 0 Å². The summed E-state index contributed by atoms with van der Waals surface area (Å²) in [4.78, 5) is 21.8. The molecule has 0 saturated heterocycles. The van der Waals surface area contributed by atoms with Crippen molar-refractivity contribution in [2.75, 3.05) is 5.32 Å². The van der Waals surface area contributed by atoms with Gasteiger partial charge in [-0.05, 0) is 24.3 Å². The molecule has 0 heterocycles. The number of nitrogens with zero attached hydrogens (tertiary/aromatic N) is 1. The van der Waals surface area contributed by atoms with E-state index in [4.69, 9.17) is 4.74 Å². The number of amides is 1. The fraction of sp³-hybridized carbons (Fsp3) is 0.133. The highest BCUT2D eigenvalue weighted by Crippen LogP contribution is 2.34. The molecule has 114 valence electrons. The number of rotatable bonds is 5. The number of para-hydroxylation sites is 1. The number of ether oxygens (including phenoxy) is 1. The summed E-state index contributed by atoms with van der Waals surface area (Å²) in [5.74, 6) is -1.11. The molecule has 0 bridgehead atoms. The number of nitrogens with one attached hydrogen (secondary N) is 1. The maximum absolute atomic E-state index is 13.6. The summed E-state index contributed by atoms with van der Waals surface area (Å²) in [6, 6.07) is 9.54. The van der Waals surface area contributed by atoms with Crippen molar-refractivity contribution >= 4 is 17.3 Å². The Labute approximate surface area is 125 Å². The molecule has 0 spiro atoms. The van der Waals surface area contributed by atoms with Gasteiger partial charge in [0.05, 0.1) is 4.92 Å². The van der Waals surface area contributed by atoms with E-state index in [0.717, 1.165) is 0 Å². The van der Waals surface area contributed by atoms with Crippen molar-refractivity contribution < 1.29 is 18.8 Å². The Morgan fingerprint density at radius 3 is 2.64 bits per heavy atom. The molecule has 0 saturated carbocycles. The number of carbonyl (C=O) groups excluding carboxylic acids is 1. The molecule has 2 rings (SSSR count). The van der Waals surface area contributed by atoms with Gasteiger partial charge >= 0.3 is 5.69 Å². The van der Waals surface area contributed by atoms with E-state index >= 15 is 0 Å². The standard InChI is InChI=1S/C15H13FN2O4/c1-2-15(19)17-10-7-8-14(12(9-10)18(20)21)22-13-6-4-3-5-11(13)16/h3-9H,2H2,1H3,(H,17,19). The van der Waals surface area contributed by atoms with Crippen LogP contribution in [-0.4, -0.2) is 10.8 Å². The topological polar surface area (TPSA) is 81.5 Å². The van der Waals surface area contributed by atoms with E-state index in [-0.39, 0.29) is 35.2 Å². The molecule has 6 nitrogen and oxygen atoms in total. The Hall–Kier alpha value is -2.96. The molecular weight excluding hydrogens is 291 g/mol. The predicted molar refractivity (Wildman–Crippen MR) is 78.5 cm³/mol. The van der Waals surface area contributed by atoms with Crippen molar-refractivity contribution in [3.63, 3.8) is 0 Å². The summed E-state index contributed by atoms with van der Waals surface area (Å²) < 4.78 is 18.8. The Balaban J connectivity index is 2.33. The number of hydrogen-bond acceptors (Lipinski definition) is 4. The molecule has 0 aliphatic carbocycles. The lowest BCUT2D eigenvalue weighted by Gasteiger charge is -2.09. The van der Waals surface area contributed by atoms with E-state index in [1.807, 2.05) is 0 Å². The largest absolute Gasteiger partial charge is 0.447 e. The van der Waals surface area contributed by atoms with Gasteiger partial charge in [0.15, 0.2) is 11.6 Å². The van der Waals surface area contributed by atoms with Crippen LogP contribution in [0.3, 0.4) is 0 Å². The van der Waals surface area contributed by atoms with Gasteiger partial charge in [0.25, 0.3) is 0 Å². The first kappa shape index (κ1) is 15.4. The Kier molecular flexibility index (Phi) is 4.67. The van der Waals surface area contributed by atoms with Crippen LogP contribution in [0, 0.1) is 15.9 Å². The van der Waals surface area contributed by atoms with Gasteiger partial charge in [-0.2, -0.15) is 0 Å². The first-order valence-electron chi connectivity index (χ1n) is 6.52. The molecule has 0 atom stereocenters. The number of benzene rings is 2. The van der Waals surface area contributed by atoms with E-state index in [1.54, 1.807) is 13.0 Å². The smallest absolute Gasteiger partial charge is 0.313 e. The summed E-state index contributed by atoms with van der Waals surface area (Å²) >= 11 is 0. The molecule has 22 heavy (non-hydrogen) atoms. The van der Waals surface area contributed by atoms with Gasteiger partial charge in [-0.1, -0.05) is 19.1 Å². The quantitative estimate of drug-likeness (QED) is 0.671. The van der Waals surface area contributed by atoms with E-state index in [0.29, 0.717) is 0 Å². The average Bonchev–Trinajstić information content (AvgIpc) is 2.50. The van der Waals surface area contributed by atoms with Gasteiger partial charge in [-0.3, -0.25) is 14.9 Å². The zero-order valence-corrected chi connectivity index (χ0v) is 11.7. The zero-order chi connectivity index (χ0) is 16.1. The molecule has 2 aromatic carbocycles. The molecule has 0 radical (unpaired) electrons. The van der Waals surface area contributed by atoms with Crippen molar-refractivity contribution in [3.05, 3.63) is 58.4 Å². The minimum absolute atomic E-state index is 0.107. The van der Waals surface area contributed by atoms with Crippen molar-refractivity contribution in [1.29, 1.82) is 0 Å². The fourth-order valence-electron chi connectivity index (χ4n) is 1.72. The monoisotopic (exact) mass is 304 g/mol. The minimum Gasteiger partial charge on any atom is -0.447 e. The summed E-state index contributed by atoms with van der Waals surface area (Å²) in [7, 11) is 0. The minimum atomic E-state index is -0.655. The summed E-state index contributed by atoms with van der Waals surface area (Å²) in [6.07, 6.45) is 0.251. The lowest BCUT2D eigenvalue weighted by Crippen LogP contribution is -2.09. The Morgan fingerprint density at radius 1 is 1.27 bits per heavy atom. The number of nitro groups is 1. The third-order valence-corrected chi connectivity index (χ3v) is 2.82. The SMILES string of the molecule is CCC(=O)Nc1ccc(Oc2ccccc2F)c([N+](=O)[O-])c1. The Morgan fingerprint density at radius 2 is 2.00 bits per heavy atom. The first-order chi connectivity index (χ1) is 10.5. The van der Waals surface area contributed by atoms with Gasteiger partial charge in [-0.25, -0.2) is 4.39 Å². The van der Waals surface area contributed by atoms with Gasteiger partial charge in [0.1, 0.15) is 0 Å². The van der Waals surface area contributed by atoms with Crippen LogP contribution >= 0.6 is 0 Å². The van der Waals surface area contributed by atoms with Crippen LogP contribution in [-0.2, 0) is 4.79 Å². The normalized spacial score (nSPS) is 10.1. The summed E-state index contributed by atoms with van der Waals surface area (Å²) in [5.41, 5.74) is -0.0865. The molecule has 1 N–H and O–H groups in total. The van der Waals surface area contributed by atoms with Crippen LogP contribution < -0.4 is 10.1 Å². The third-order valence-electron chi connectivity index (χ3n) is 2.82. The van der Waals surface area contributed by atoms with E-state index in [1.165, 1.54) is 36.4 Å². The molecule has 7 heteroatoms. The number of anilines is 1. The zero-order valence-electron chi connectivity index (χ0n) is 11.7. The Bertz CT molecular complexity index is 718. The highest BCUT2D eigenvalue weighted by atomic mass is 19.1. The second kappa shape index (κ2) is 6.66. The number of nitro benzene ring substituents is 1. The molecule has 0 aromatic heterocycles. The van der Waals surface area contributed by atoms with Gasteiger partial charge in [0, 0.05) is 18.2 Å². The maximum atomic E-state index is 13.6. The first-order valence-corrected chi connectivity index (χ1v) is 6.52. The lowest BCUT2D eigenvalue weighted by atomic mass is 10.2. The van der Waals surface area contributed by atoms with Gasteiger partial charge < -0.3 is 10.1 Å². The van der Waals surface area contributed by atoms with Crippen molar-refractivity contribution in [2.24, 2.45) is 0 Å². The van der Waals surface area contributed by atoms with Gasteiger partial charge in [-0.15, -0.1) is 0 Å². The van der Waals surface area contributed by atoms with Crippen LogP contribution in [0.1, 0.15) is 13.3 Å². The molecule has 0 aliphatic rings. The van der Waals surface area contributed by atoms with Gasteiger partial charge in [0.2, 0.25) is 11.7 Å². The van der Waals surface area contributed by atoms with E-state index in [9.17, 15) is 19.3 Å². The van der Waals surface area contributed by atoms with Crippen LogP contribution in [0.4, 0.5) is 15.8 Å². The number of carbonyl (C=O) groups is 1. The summed E-state index contributed by atoms with van der Waals surface area (Å²) in [5, 5.41) is 13.6. The molecule has 2 aromatic rings. The van der Waals surface area contributed by atoms with Crippen molar-refractivity contribution in [2.45, 2.75) is 13.3 Å². The predicted octanol–water partition coefficient (Wildman–Crippen LogP) is 3.87. The fourth-order valence-corrected chi connectivity index (χ4v) is 1.72. The molecule has 1 amide bonds. The maximum Gasteiger partial charge on any atom is 0.313 e. The molecule has 0 fully saturated rings. The number of hydrogen-bond donors (Lipinski definition) is 1. The highest BCUT2D eigenvalue weighted by molar-refractivity contribution is 5.91.